The van der Waals surface area contributed by atoms with Gasteiger partial charge in [0.2, 0.25) is 5.91 Å². The van der Waals surface area contributed by atoms with Gasteiger partial charge in [0.15, 0.2) is 0 Å². The highest BCUT2D eigenvalue weighted by Gasteiger charge is 2.64. The molecule has 7 heteroatoms. The summed E-state index contributed by atoms with van der Waals surface area (Å²) in [5, 5.41) is 5.32. The number of hydrogen-bond acceptors (Lipinski definition) is 3. The van der Waals surface area contributed by atoms with Gasteiger partial charge in [0.25, 0.3) is 0 Å². The zero-order chi connectivity index (χ0) is 21.3. The lowest BCUT2D eigenvalue weighted by Crippen LogP contribution is -2.22. The van der Waals surface area contributed by atoms with Gasteiger partial charge in [0, 0.05) is 21.5 Å². The monoisotopic (exact) mass is 508 g/mol. The highest BCUT2D eigenvalue weighted by Crippen LogP contribution is 2.66. The number of carbonyl (C=O) groups excluding carboxylic acids is 1. The Bertz CT molecular complexity index is 997. The third-order valence-electron chi connectivity index (χ3n) is 6.36. The number of nitrogens with zero attached hydrogens (tertiary/aromatic N) is 1. The molecule has 0 spiro atoms. The standard InChI is InChI=1S/C23H23BrCl2N2O2/c1-23-9-3-2-4-17(23)21(23)22(29)28-27-12-14-5-8-20(18(24)10-14)30-13-15-6-7-16(25)11-19(15)26/h5-8,10-12,17,21H,2-4,9,13H2,1H3,(H,28,29)/b27-12-/t17-,21-,23-/m0/s1. The molecule has 0 saturated heterocycles. The average molecular weight is 510 g/mol. The molecule has 2 aromatic rings. The quantitative estimate of drug-likeness (QED) is 0.351. The lowest BCUT2D eigenvalue weighted by molar-refractivity contribution is -0.123. The number of halogens is 3. The Balaban J connectivity index is 1.32. The summed E-state index contributed by atoms with van der Waals surface area (Å²) < 4.78 is 6.65. The lowest BCUT2D eigenvalue weighted by Gasteiger charge is -2.15. The number of nitrogens with one attached hydrogen (secondary N) is 1. The van der Waals surface area contributed by atoms with E-state index >= 15 is 0 Å². The topological polar surface area (TPSA) is 50.7 Å². The fraction of sp³-hybridized carbons (Fsp3) is 0.391. The van der Waals surface area contributed by atoms with Gasteiger partial charge in [-0.1, -0.05) is 49.0 Å². The summed E-state index contributed by atoms with van der Waals surface area (Å²) in [7, 11) is 0. The van der Waals surface area contributed by atoms with Crippen LogP contribution < -0.4 is 10.2 Å². The third-order valence-corrected chi connectivity index (χ3v) is 7.56. The number of benzene rings is 2. The van der Waals surface area contributed by atoms with Gasteiger partial charge in [0.05, 0.1) is 10.7 Å². The molecule has 2 aliphatic rings. The van der Waals surface area contributed by atoms with E-state index in [2.05, 4.69) is 33.4 Å². The molecule has 0 unspecified atom stereocenters. The molecule has 30 heavy (non-hydrogen) atoms. The van der Waals surface area contributed by atoms with Crippen LogP contribution in [0.3, 0.4) is 0 Å². The van der Waals surface area contributed by atoms with Gasteiger partial charge in [-0.05, 0) is 76.0 Å². The Hall–Kier alpha value is -1.56. The second kappa shape index (κ2) is 8.89. The summed E-state index contributed by atoms with van der Waals surface area (Å²) in [6.45, 7) is 2.57. The largest absolute Gasteiger partial charge is 0.488 e. The van der Waals surface area contributed by atoms with Gasteiger partial charge < -0.3 is 4.74 Å². The Morgan fingerprint density at radius 2 is 2.13 bits per heavy atom. The molecule has 0 radical (unpaired) electrons. The molecule has 0 bridgehead atoms. The smallest absolute Gasteiger partial charge is 0.244 e. The van der Waals surface area contributed by atoms with Crippen molar-refractivity contribution in [2.45, 2.75) is 39.2 Å². The van der Waals surface area contributed by atoms with Gasteiger partial charge in [-0.2, -0.15) is 5.10 Å². The van der Waals surface area contributed by atoms with Crippen molar-refractivity contribution in [2.75, 3.05) is 0 Å². The van der Waals surface area contributed by atoms with Crippen molar-refractivity contribution in [1.29, 1.82) is 0 Å². The number of amides is 1. The van der Waals surface area contributed by atoms with Crippen LogP contribution in [0.2, 0.25) is 10.0 Å². The first-order chi connectivity index (χ1) is 14.4. The highest BCUT2D eigenvalue weighted by molar-refractivity contribution is 9.10. The van der Waals surface area contributed by atoms with Crippen LogP contribution in [0.25, 0.3) is 0 Å². The maximum Gasteiger partial charge on any atom is 0.244 e. The first-order valence-corrected chi connectivity index (χ1v) is 11.6. The highest BCUT2D eigenvalue weighted by atomic mass is 79.9. The van der Waals surface area contributed by atoms with Crippen LogP contribution >= 0.6 is 39.1 Å². The molecule has 1 N–H and O–H groups in total. The first-order valence-electron chi connectivity index (χ1n) is 10.1. The van der Waals surface area contributed by atoms with E-state index in [0.29, 0.717) is 28.3 Å². The summed E-state index contributed by atoms with van der Waals surface area (Å²) in [6, 6.07) is 11.0. The third kappa shape index (κ3) is 4.53. The molecular formula is C23H23BrCl2N2O2. The fourth-order valence-corrected chi connectivity index (χ4v) is 5.57. The maximum atomic E-state index is 12.5. The minimum absolute atomic E-state index is 0.0412. The zero-order valence-corrected chi connectivity index (χ0v) is 19.7. The average Bonchev–Trinajstić information content (AvgIpc) is 3.34. The van der Waals surface area contributed by atoms with Gasteiger partial charge in [-0.3, -0.25) is 4.79 Å². The number of hydrogen-bond donors (Lipinski definition) is 1. The molecule has 1 amide bonds. The zero-order valence-electron chi connectivity index (χ0n) is 16.6. The minimum Gasteiger partial charge on any atom is -0.488 e. The number of fused-ring (bicyclic) bond motifs is 1. The summed E-state index contributed by atoms with van der Waals surface area (Å²) in [5.41, 5.74) is 4.63. The summed E-state index contributed by atoms with van der Waals surface area (Å²) in [6.07, 6.45) is 6.42. The lowest BCUT2D eigenvalue weighted by atomic mass is 9.90. The molecule has 4 nitrogen and oxygen atoms in total. The van der Waals surface area contributed by atoms with E-state index in [1.54, 1.807) is 18.3 Å². The van der Waals surface area contributed by atoms with E-state index < -0.39 is 0 Å². The second-order valence-electron chi connectivity index (χ2n) is 8.28. The SMILES string of the molecule is C[C@]12CCCC[C@H]1[C@H]2C(=O)N/N=C\c1ccc(OCc2ccc(Cl)cc2Cl)c(Br)c1. The van der Waals surface area contributed by atoms with Crippen molar-refractivity contribution < 1.29 is 9.53 Å². The van der Waals surface area contributed by atoms with Crippen molar-refractivity contribution >= 4 is 51.3 Å². The molecular weight excluding hydrogens is 487 g/mol. The fourth-order valence-electron chi connectivity index (χ4n) is 4.60. The summed E-state index contributed by atoms with van der Waals surface area (Å²) in [4.78, 5) is 12.5. The van der Waals surface area contributed by atoms with Crippen molar-refractivity contribution in [2.24, 2.45) is 22.4 Å². The van der Waals surface area contributed by atoms with Crippen LogP contribution in [0.5, 0.6) is 5.75 Å². The molecule has 0 aromatic heterocycles. The van der Waals surface area contributed by atoms with Gasteiger partial charge >= 0.3 is 0 Å². The molecule has 2 fully saturated rings. The summed E-state index contributed by atoms with van der Waals surface area (Å²) >= 11 is 15.6. The van der Waals surface area contributed by atoms with Crippen molar-refractivity contribution in [1.82, 2.24) is 5.43 Å². The molecule has 2 aromatic carbocycles. The maximum absolute atomic E-state index is 12.5. The summed E-state index contributed by atoms with van der Waals surface area (Å²) in [5.74, 6) is 1.37. The molecule has 3 atom stereocenters. The van der Waals surface area contributed by atoms with E-state index in [4.69, 9.17) is 27.9 Å². The second-order valence-corrected chi connectivity index (χ2v) is 9.98. The van der Waals surface area contributed by atoms with E-state index in [9.17, 15) is 4.79 Å². The molecule has 2 saturated carbocycles. The predicted molar refractivity (Wildman–Crippen MR) is 124 cm³/mol. The molecule has 2 aliphatic carbocycles. The number of carbonyl (C=O) groups is 1. The van der Waals surface area contributed by atoms with Crippen LogP contribution in [-0.2, 0) is 11.4 Å². The van der Waals surface area contributed by atoms with Gasteiger partial charge in [0.1, 0.15) is 12.4 Å². The minimum atomic E-state index is 0.0412. The van der Waals surface area contributed by atoms with Gasteiger partial charge in [-0.25, -0.2) is 5.43 Å². The Morgan fingerprint density at radius 1 is 1.30 bits per heavy atom. The van der Waals surface area contributed by atoms with Crippen molar-refractivity contribution in [3.8, 4) is 5.75 Å². The molecule has 0 aliphatic heterocycles. The van der Waals surface area contributed by atoms with Gasteiger partial charge in [-0.15, -0.1) is 0 Å². The van der Waals surface area contributed by atoms with E-state index in [1.165, 1.54) is 12.8 Å². The number of ether oxygens (including phenoxy) is 1. The molecule has 158 valence electrons. The van der Waals surface area contributed by atoms with Crippen LogP contribution in [-0.4, -0.2) is 12.1 Å². The van der Waals surface area contributed by atoms with Crippen LogP contribution in [0.15, 0.2) is 46.0 Å². The normalized spacial score (nSPS) is 25.1. The van der Waals surface area contributed by atoms with E-state index in [1.807, 2.05) is 24.3 Å². The molecule has 0 heterocycles. The van der Waals surface area contributed by atoms with Crippen LogP contribution in [0.1, 0.15) is 43.7 Å². The van der Waals surface area contributed by atoms with E-state index in [-0.39, 0.29) is 17.2 Å². The van der Waals surface area contributed by atoms with Crippen LogP contribution in [0, 0.1) is 17.3 Å². The molecule has 4 rings (SSSR count). The Labute approximate surface area is 195 Å². The van der Waals surface area contributed by atoms with E-state index in [0.717, 1.165) is 28.4 Å². The van der Waals surface area contributed by atoms with Crippen molar-refractivity contribution in [3.63, 3.8) is 0 Å². The number of hydrazone groups is 1. The Kier molecular flexibility index (Phi) is 6.42. The van der Waals surface area contributed by atoms with Crippen LogP contribution in [0.4, 0.5) is 0 Å². The number of rotatable bonds is 6. The van der Waals surface area contributed by atoms with Crippen molar-refractivity contribution in [3.05, 3.63) is 62.0 Å². The predicted octanol–water partition coefficient (Wildman–Crippen LogP) is 6.61. The first kappa shape index (κ1) is 21.7. The Morgan fingerprint density at radius 3 is 2.83 bits per heavy atom.